The van der Waals surface area contributed by atoms with E-state index >= 15 is 0 Å². The third-order valence-electron chi connectivity index (χ3n) is 4.68. The minimum absolute atomic E-state index is 0.0369. The number of rotatable bonds is 7. The minimum atomic E-state index is -4.55. The van der Waals surface area contributed by atoms with Crippen molar-refractivity contribution in [3.8, 4) is 0 Å². The van der Waals surface area contributed by atoms with Crippen molar-refractivity contribution >= 4 is 22.5 Å². The summed E-state index contributed by atoms with van der Waals surface area (Å²) in [5.41, 5.74) is -1.58. The first-order valence-corrected chi connectivity index (χ1v) is 9.45. The van der Waals surface area contributed by atoms with E-state index in [0.29, 0.717) is 30.2 Å². The average molecular weight is 419 g/mol. The highest BCUT2D eigenvalue weighted by Crippen LogP contribution is 2.34. The fourth-order valence-electron chi connectivity index (χ4n) is 3.19. The second-order valence-electron chi connectivity index (χ2n) is 6.83. The fourth-order valence-corrected chi connectivity index (χ4v) is 3.19. The fraction of sp³-hybridized carbons (Fsp3) is 0.286. The molecular formula is C21H20F3N3O3. The molecule has 1 amide bonds. The Morgan fingerprint density at radius 1 is 0.967 bits per heavy atom. The third-order valence-corrected chi connectivity index (χ3v) is 4.68. The molecule has 9 heteroatoms. The van der Waals surface area contributed by atoms with E-state index in [0.717, 1.165) is 10.6 Å². The second-order valence-corrected chi connectivity index (χ2v) is 6.83. The topological polar surface area (TPSA) is 84.0 Å². The smallest absolute Gasteiger partial charge is 0.326 e. The third kappa shape index (κ3) is 4.97. The Kier molecular flexibility index (Phi) is 6.39. The van der Waals surface area contributed by atoms with E-state index in [2.05, 4.69) is 10.3 Å². The number of nitrogens with zero attached hydrogens (tertiary/aromatic N) is 1. The molecule has 2 aromatic carbocycles. The van der Waals surface area contributed by atoms with Crippen molar-refractivity contribution in [3.63, 3.8) is 0 Å². The van der Waals surface area contributed by atoms with E-state index < -0.39 is 23.3 Å². The maximum Gasteiger partial charge on any atom is 0.418 e. The van der Waals surface area contributed by atoms with Gasteiger partial charge in [-0.05, 0) is 37.1 Å². The molecule has 0 saturated carbocycles. The average Bonchev–Trinajstić information content (AvgIpc) is 2.69. The van der Waals surface area contributed by atoms with Gasteiger partial charge in [0.25, 0.3) is 5.56 Å². The van der Waals surface area contributed by atoms with Gasteiger partial charge in [-0.3, -0.25) is 14.2 Å². The van der Waals surface area contributed by atoms with E-state index in [1.807, 2.05) is 0 Å². The molecule has 0 radical (unpaired) electrons. The summed E-state index contributed by atoms with van der Waals surface area (Å²) in [6, 6.07) is 11.5. The van der Waals surface area contributed by atoms with E-state index in [4.69, 9.17) is 0 Å². The van der Waals surface area contributed by atoms with E-state index in [1.165, 1.54) is 18.2 Å². The number of aromatic amines is 1. The predicted molar refractivity (Wildman–Crippen MR) is 107 cm³/mol. The number of hydrogen-bond acceptors (Lipinski definition) is 3. The van der Waals surface area contributed by atoms with Gasteiger partial charge >= 0.3 is 11.9 Å². The summed E-state index contributed by atoms with van der Waals surface area (Å²) in [5.74, 6) is -0.521. The van der Waals surface area contributed by atoms with Gasteiger partial charge in [-0.2, -0.15) is 13.2 Å². The SMILES string of the molecule is O=C(CCCCCn1c(=O)[nH]c2ccccc2c1=O)Nc1ccccc1C(F)(F)F. The summed E-state index contributed by atoms with van der Waals surface area (Å²) in [6.07, 6.45) is -3.08. The first-order chi connectivity index (χ1) is 14.3. The maximum atomic E-state index is 13.0. The van der Waals surface area contributed by atoms with Crippen LogP contribution in [0.2, 0.25) is 0 Å². The summed E-state index contributed by atoms with van der Waals surface area (Å²) in [7, 11) is 0. The van der Waals surface area contributed by atoms with Gasteiger partial charge in [0.1, 0.15) is 0 Å². The largest absolute Gasteiger partial charge is 0.418 e. The molecule has 30 heavy (non-hydrogen) atoms. The van der Waals surface area contributed by atoms with Gasteiger partial charge in [0.2, 0.25) is 5.91 Å². The van der Waals surface area contributed by atoms with Crippen LogP contribution in [0.15, 0.2) is 58.1 Å². The summed E-state index contributed by atoms with van der Waals surface area (Å²) < 4.78 is 40.0. The zero-order chi connectivity index (χ0) is 21.7. The number of para-hydroxylation sites is 2. The molecule has 3 aromatic rings. The molecule has 0 fully saturated rings. The molecule has 1 aromatic heterocycles. The van der Waals surface area contributed by atoms with Gasteiger partial charge < -0.3 is 10.3 Å². The number of halogens is 3. The van der Waals surface area contributed by atoms with Crippen molar-refractivity contribution < 1.29 is 18.0 Å². The van der Waals surface area contributed by atoms with E-state index in [1.54, 1.807) is 24.3 Å². The van der Waals surface area contributed by atoms with Crippen molar-refractivity contribution in [1.29, 1.82) is 0 Å². The maximum absolute atomic E-state index is 13.0. The van der Waals surface area contributed by atoms with Gasteiger partial charge in [0.05, 0.1) is 22.2 Å². The molecule has 6 nitrogen and oxygen atoms in total. The van der Waals surface area contributed by atoms with E-state index in [9.17, 15) is 27.6 Å². The lowest BCUT2D eigenvalue weighted by molar-refractivity contribution is -0.137. The van der Waals surface area contributed by atoms with Gasteiger partial charge in [0.15, 0.2) is 0 Å². The number of carbonyl (C=O) groups excluding carboxylic acids is 1. The van der Waals surface area contributed by atoms with Crippen molar-refractivity contribution in [3.05, 3.63) is 74.9 Å². The summed E-state index contributed by atoms with van der Waals surface area (Å²) >= 11 is 0. The minimum Gasteiger partial charge on any atom is -0.326 e. The summed E-state index contributed by atoms with van der Waals surface area (Å²) in [6.45, 7) is 0.192. The molecule has 0 aliphatic rings. The normalized spacial score (nSPS) is 11.6. The Labute approximate surface area is 169 Å². The first kappa shape index (κ1) is 21.4. The lowest BCUT2D eigenvalue weighted by Gasteiger charge is -2.13. The van der Waals surface area contributed by atoms with Crippen LogP contribution in [-0.2, 0) is 17.5 Å². The van der Waals surface area contributed by atoms with Gasteiger partial charge in [0, 0.05) is 13.0 Å². The Bertz CT molecular complexity index is 1170. The molecule has 0 atom stereocenters. The zero-order valence-electron chi connectivity index (χ0n) is 16.0. The first-order valence-electron chi connectivity index (χ1n) is 9.45. The number of amides is 1. The molecule has 2 N–H and O–H groups in total. The highest BCUT2D eigenvalue weighted by Gasteiger charge is 2.33. The van der Waals surface area contributed by atoms with Crippen LogP contribution in [0.1, 0.15) is 31.2 Å². The molecule has 0 saturated heterocycles. The highest BCUT2D eigenvalue weighted by molar-refractivity contribution is 5.91. The monoisotopic (exact) mass is 419 g/mol. The molecule has 3 rings (SSSR count). The molecule has 0 unspecified atom stereocenters. The van der Waals surface area contributed by atoms with Gasteiger partial charge in [-0.1, -0.05) is 30.7 Å². The number of H-pyrrole nitrogens is 1. The van der Waals surface area contributed by atoms with Crippen molar-refractivity contribution in [1.82, 2.24) is 9.55 Å². The van der Waals surface area contributed by atoms with E-state index in [-0.39, 0.29) is 24.2 Å². The van der Waals surface area contributed by atoms with Crippen LogP contribution < -0.4 is 16.6 Å². The lowest BCUT2D eigenvalue weighted by atomic mass is 10.1. The number of alkyl halides is 3. The molecule has 1 heterocycles. The standard InChI is InChI=1S/C21H20F3N3O3/c22-21(23,24)15-9-4-6-11-17(15)25-18(28)12-2-1-7-13-27-19(29)14-8-3-5-10-16(14)26-20(27)30/h3-6,8-11H,1-2,7,12-13H2,(H,25,28)(H,26,30). The number of anilines is 1. The van der Waals surface area contributed by atoms with Crippen LogP contribution in [0.4, 0.5) is 18.9 Å². The van der Waals surface area contributed by atoms with Crippen LogP contribution in [0.25, 0.3) is 10.9 Å². The number of hydrogen-bond donors (Lipinski definition) is 2. The summed E-state index contributed by atoms with van der Waals surface area (Å²) in [4.78, 5) is 39.2. The number of nitrogens with one attached hydrogen (secondary N) is 2. The Morgan fingerprint density at radius 2 is 1.67 bits per heavy atom. The molecule has 0 aliphatic carbocycles. The number of aromatic nitrogens is 2. The quantitative estimate of drug-likeness (QED) is 0.570. The number of carbonyl (C=O) groups is 1. The van der Waals surface area contributed by atoms with Gasteiger partial charge in [-0.15, -0.1) is 0 Å². The number of fused-ring (bicyclic) bond motifs is 1. The highest BCUT2D eigenvalue weighted by atomic mass is 19.4. The summed E-state index contributed by atoms with van der Waals surface area (Å²) in [5, 5.41) is 2.71. The molecule has 158 valence electrons. The Balaban J connectivity index is 1.52. The predicted octanol–water partition coefficient (Wildman–Crippen LogP) is 3.91. The van der Waals surface area contributed by atoms with Crippen molar-refractivity contribution in [2.24, 2.45) is 0 Å². The number of benzene rings is 2. The molecule has 0 bridgehead atoms. The van der Waals surface area contributed by atoms with Gasteiger partial charge in [-0.25, -0.2) is 4.79 Å². The lowest BCUT2D eigenvalue weighted by Crippen LogP contribution is -2.35. The molecular weight excluding hydrogens is 399 g/mol. The Morgan fingerprint density at radius 3 is 2.43 bits per heavy atom. The Hall–Kier alpha value is -3.36. The molecule has 0 aliphatic heterocycles. The van der Waals surface area contributed by atoms with Crippen molar-refractivity contribution in [2.45, 2.75) is 38.4 Å². The second kappa shape index (κ2) is 8.98. The van der Waals surface area contributed by atoms with Crippen LogP contribution in [-0.4, -0.2) is 15.5 Å². The van der Waals surface area contributed by atoms with Crippen LogP contribution in [0.3, 0.4) is 0 Å². The van der Waals surface area contributed by atoms with Crippen LogP contribution in [0, 0.1) is 0 Å². The number of unbranched alkanes of at least 4 members (excludes halogenated alkanes) is 2. The molecule has 0 spiro atoms. The van der Waals surface area contributed by atoms with Crippen molar-refractivity contribution in [2.75, 3.05) is 5.32 Å². The zero-order valence-corrected chi connectivity index (χ0v) is 16.0. The van der Waals surface area contributed by atoms with Crippen LogP contribution >= 0.6 is 0 Å². The van der Waals surface area contributed by atoms with Crippen LogP contribution in [0.5, 0.6) is 0 Å².